The molecule has 2 bridgehead atoms. The average molecular weight is 531 g/mol. The van der Waals surface area contributed by atoms with E-state index in [2.05, 4.69) is 37.1 Å². The average Bonchev–Trinajstić information content (AvgIpc) is 3.28. The van der Waals surface area contributed by atoms with Crippen molar-refractivity contribution in [3.63, 3.8) is 0 Å². The smallest absolute Gasteiger partial charge is 0.274 e. The molecule has 6 heterocycles. The molecule has 3 aromatic rings. The van der Waals surface area contributed by atoms with Crippen LogP contribution in [-0.4, -0.2) is 70.5 Å². The monoisotopic (exact) mass is 530 g/mol. The van der Waals surface area contributed by atoms with Crippen LogP contribution >= 0.6 is 11.6 Å². The third-order valence-electron chi connectivity index (χ3n) is 8.36. The summed E-state index contributed by atoms with van der Waals surface area (Å²) >= 11 is 6.41. The molecule has 7 nitrogen and oxygen atoms in total. The quantitative estimate of drug-likeness (QED) is 0.486. The summed E-state index contributed by atoms with van der Waals surface area (Å²) in [6.07, 6.45) is 8.37. The zero-order valence-electron chi connectivity index (χ0n) is 21.7. The summed E-state index contributed by atoms with van der Waals surface area (Å²) in [5, 5.41) is 3.85. The van der Waals surface area contributed by atoms with Crippen molar-refractivity contribution in [2.24, 2.45) is 5.92 Å². The molecule has 0 aliphatic carbocycles. The Balaban J connectivity index is 1.08. The second-order valence-corrected chi connectivity index (χ2v) is 11.3. The van der Waals surface area contributed by atoms with Crippen LogP contribution < -0.4 is 10.2 Å². The summed E-state index contributed by atoms with van der Waals surface area (Å²) in [6, 6.07) is 18.6. The summed E-state index contributed by atoms with van der Waals surface area (Å²) in [5.74, 6) is 1.38. The lowest BCUT2D eigenvalue weighted by atomic mass is 9.91. The van der Waals surface area contributed by atoms with Gasteiger partial charge in [-0.3, -0.25) is 19.6 Å². The number of halogens is 1. The van der Waals surface area contributed by atoms with E-state index in [1.807, 2.05) is 36.4 Å². The van der Waals surface area contributed by atoms with Crippen LogP contribution in [-0.2, 0) is 6.54 Å². The molecule has 0 spiro atoms. The fourth-order valence-electron chi connectivity index (χ4n) is 6.39. The van der Waals surface area contributed by atoms with Crippen LogP contribution in [0.1, 0.15) is 41.7 Å². The molecule has 4 saturated heterocycles. The molecule has 7 rings (SSSR count). The number of benzene rings is 1. The summed E-state index contributed by atoms with van der Waals surface area (Å²) < 4.78 is 0. The van der Waals surface area contributed by atoms with Gasteiger partial charge in [-0.2, -0.15) is 0 Å². The molecule has 4 aliphatic rings. The fraction of sp³-hybridized carbons (Fsp3) is 0.433. The number of rotatable bonds is 6. The van der Waals surface area contributed by atoms with Crippen molar-refractivity contribution in [3.05, 3.63) is 83.3 Å². The highest BCUT2D eigenvalue weighted by Gasteiger charge is 2.39. The van der Waals surface area contributed by atoms with Gasteiger partial charge in [-0.1, -0.05) is 35.9 Å². The lowest BCUT2D eigenvalue weighted by molar-refractivity contribution is 0.0425. The van der Waals surface area contributed by atoms with E-state index < -0.39 is 0 Å². The molecule has 1 amide bonds. The maximum absolute atomic E-state index is 12.6. The molecule has 4 aliphatic heterocycles. The number of likely N-dealkylation sites (tertiary alicyclic amines) is 1. The summed E-state index contributed by atoms with van der Waals surface area (Å²) in [7, 11) is 0. The second kappa shape index (κ2) is 11.4. The van der Waals surface area contributed by atoms with Gasteiger partial charge in [0, 0.05) is 67.4 Å². The number of fused-ring (bicyclic) bond motifs is 4. The molecule has 38 heavy (non-hydrogen) atoms. The highest BCUT2D eigenvalue weighted by molar-refractivity contribution is 6.31. The van der Waals surface area contributed by atoms with E-state index >= 15 is 0 Å². The van der Waals surface area contributed by atoms with Crippen LogP contribution in [0.2, 0.25) is 5.02 Å². The van der Waals surface area contributed by atoms with Gasteiger partial charge < -0.3 is 10.2 Å². The van der Waals surface area contributed by atoms with Crippen LogP contribution in [0.4, 0.5) is 11.5 Å². The molecule has 1 N–H and O–H groups in total. The Morgan fingerprint density at radius 1 is 0.895 bits per heavy atom. The first-order valence-electron chi connectivity index (χ1n) is 13.8. The second-order valence-electron chi connectivity index (χ2n) is 10.9. The number of carbonyl (C=O) groups excluding carboxylic acids is 1. The first-order valence-corrected chi connectivity index (χ1v) is 14.1. The third kappa shape index (κ3) is 5.70. The van der Waals surface area contributed by atoms with Crippen LogP contribution in [0.25, 0.3) is 0 Å². The number of nitrogens with zero attached hydrogens (tertiary/aromatic N) is 5. The van der Waals surface area contributed by atoms with Crippen molar-refractivity contribution in [3.8, 4) is 0 Å². The number of carbonyl (C=O) groups is 1. The van der Waals surface area contributed by atoms with E-state index in [-0.39, 0.29) is 5.91 Å². The molecule has 2 unspecified atom stereocenters. The van der Waals surface area contributed by atoms with Crippen LogP contribution in [0.5, 0.6) is 0 Å². The molecular weight excluding hydrogens is 496 g/mol. The molecule has 4 fully saturated rings. The van der Waals surface area contributed by atoms with Gasteiger partial charge in [0.2, 0.25) is 0 Å². The molecule has 1 aromatic carbocycles. The third-order valence-corrected chi connectivity index (χ3v) is 8.73. The standard InChI is InChI=1S/C30H35ClN6O/c31-27-6-2-1-5-23(27)20-35-15-11-25(12-16-35)37-19-22-8-9-26(37)21-36(18-22)29-17-24(10-14-33-29)34-30(38)28-7-3-4-13-32-28/h1-7,10,13-14,17,22,25-26H,8-9,11-12,15-16,18-21H2,(H,33,34,38). The van der Waals surface area contributed by atoms with E-state index in [9.17, 15) is 4.79 Å². The Morgan fingerprint density at radius 3 is 2.55 bits per heavy atom. The normalized spacial score (nSPS) is 22.8. The number of piperidine rings is 2. The number of nitrogens with one attached hydrogen (secondary N) is 1. The molecule has 0 radical (unpaired) electrons. The van der Waals surface area contributed by atoms with Crippen LogP contribution in [0, 0.1) is 5.92 Å². The fourth-order valence-corrected chi connectivity index (χ4v) is 6.59. The summed E-state index contributed by atoms with van der Waals surface area (Å²) in [6.45, 7) is 6.35. The molecule has 2 aromatic heterocycles. The molecule has 198 valence electrons. The highest BCUT2D eigenvalue weighted by Crippen LogP contribution is 2.34. The largest absolute Gasteiger partial charge is 0.355 e. The summed E-state index contributed by atoms with van der Waals surface area (Å²) in [5.41, 5.74) is 2.39. The van der Waals surface area contributed by atoms with E-state index in [1.54, 1.807) is 18.5 Å². The number of amides is 1. The first kappa shape index (κ1) is 25.3. The number of hydrogen-bond acceptors (Lipinski definition) is 6. The van der Waals surface area contributed by atoms with Crippen molar-refractivity contribution in [1.29, 1.82) is 0 Å². The predicted molar refractivity (Wildman–Crippen MR) is 152 cm³/mol. The number of aromatic nitrogens is 2. The number of anilines is 2. The summed E-state index contributed by atoms with van der Waals surface area (Å²) in [4.78, 5) is 29.3. The van der Waals surface area contributed by atoms with Crippen LogP contribution in [0.3, 0.4) is 0 Å². The Hall–Kier alpha value is -3.00. The number of hydrogen-bond donors (Lipinski definition) is 1. The van der Waals surface area contributed by atoms with E-state index in [0.29, 0.717) is 23.7 Å². The molecule has 0 saturated carbocycles. The van der Waals surface area contributed by atoms with Gasteiger partial charge in [-0.05, 0) is 74.5 Å². The maximum Gasteiger partial charge on any atom is 0.274 e. The first-order chi connectivity index (χ1) is 18.6. The SMILES string of the molecule is O=C(Nc1ccnc(N2CC3CCC(C2)N(C2CCN(Cc4ccccc4Cl)CC2)C3)c1)c1ccccn1. The predicted octanol–water partition coefficient (Wildman–Crippen LogP) is 4.95. The van der Waals surface area contributed by atoms with Crippen molar-refractivity contribution in [2.75, 3.05) is 42.9 Å². The van der Waals surface area contributed by atoms with Crippen LogP contribution in [0.15, 0.2) is 67.0 Å². The van der Waals surface area contributed by atoms with Crippen molar-refractivity contribution in [2.45, 2.75) is 44.3 Å². The Bertz CT molecular complexity index is 1250. The van der Waals surface area contributed by atoms with Gasteiger partial charge in [0.1, 0.15) is 11.5 Å². The molecular formula is C30H35ClN6O. The van der Waals surface area contributed by atoms with E-state index in [1.165, 1.54) is 37.8 Å². The lowest BCUT2D eigenvalue weighted by Crippen LogP contribution is -2.53. The van der Waals surface area contributed by atoms with Crippen molar-refractivity contribution < 1.29 is 4.79 Å². The van der Waals surface area contributed by atoms with Crippen molar-refractivity contribution >= 4 is 29.0 Å². The minimum atomic E-state index is -0.203. The molecule has 8 heteroatoms. The zero-order chi connectivity index (χ0) is 25.9. The Labute approximate surface area is 229 Å². The number of pyridine rings is 2. The topological polar surface area (TPSA) is 64.6 Å². The van der Waals surface area contributed by atoms with E-state index in [0.717, 1.165) is 49.3 Å². The highest BCUT2D eigenvalue weighted by atomic mass is 35.5. The minimum absolute atomic E-state index is 0.203. The molecule has 2 atom stereocenters. The van der Waals surface area contributed by atoms with Gasteiger partial charge in [0.25, 0.3) is 5.91 Å². The van der Waals surface area contributed by atoms with E-state index in [4.69, 9.17) is 16.6 Å². The van der Waals surface area contributed by atoms with Gasteiger partial charge >= 0.3 is 0 Å². The van der Waals surface area contributed by atoms with Gasteiger partial charge in [-0.25, -0.2) is 4.98 Å². The van der Waals surface area contributed by atoms with Crippen molar-refractivity contribution in [1.82, 2.24) is 19.8 Å². The maximum atomic E-state index is 12.6. The Kier molecular flexibility index (Phi) is 7.58. The minimum Gasteiger partial charge on any atom is -0.355 e. The van der Waals surface area contributed by atoms with Gasteiger partial charge in [-0.15, -0.1) is 0 Å². The van der Waals surface area contributed by atoms with Gasteiger partial charge in [0.05, 0.1) is 0 Å². The van der Waals surface area contributed by atoms with Gasteiger partial charge in [0.15, 0.2) is 0 Å². The lowest BCUT2D eigenvalue weighted by Gasteiger charge is -2.45. The zero-order valence-corrected chi connectivity index (χ0v) is 22.4. The Morgan fingerprint density at radius 2 is 1.74 bits per heavy atom.